The molecule has 2 nitrogen and oxygen atoms in total. The van der Waals surface area contributed by atoms with Crippen molar-refractivity contribution in [3.8, 4) is 5.75 Å². The standard InChI is InChI=1S/C13H18ClNO/c1-9(7-10-5-6-10)15-8-11-12(14)3-2-4-13(11)16/h2-4,9-10,15-16H,5-8H2,1H3. The van der Waals surface area contributed by atoms with Crippen molar-refractivity contribution >= 4 is 11.6 Å². The van der Waals surface area contributed by atoms with E-state index in [4.69, 9.17) is 11.6 Å². The SMILES string of the molecule is CC(CC1CC1)NCc1c(O)cccc1Cl. The summed E-state index contributed by atoms with van der Waals surface area (Å²) >= 11 is 6.03. The fourth-order valence-corrected chi connectivity index (χ4v) is 2.17. The van der Waals surface area contributed by atoms with Crippen LogP contribution in [0.25, 0.3) is 0 Å². The van der Waals surface area contributed by atoms with Gasteiger partial charge in [-0.1, -0.05) is 30.5 Å². The Labute approximate surface area is 102 Å². The van der Waals surface area contributed by atoms with Gasteiger partial charge in [-0.3, -0.25) is 0 Å². The number of aromatic hydroxyl groups is 1. The lowest BCUT2D eigenvalue weighted by Crippen LogP contribution is -2.26. The van der Waals surface area contributed by atoms with Gasteiger partial charge in [0, 0.05) is 23.2 Å². The number of benzene rings is 1. The Morgan fingerprint density at radius 1 is 1.50 bits per heavy atom. The monoisotopic (exact) mass is 239 g/mol. The molecule has 1 aliphatic carbocycles. The Morgan fingerprint density at radius 3 is 2.88 bits per heavy atom. The largest absolute Gasteiger partial charge is 0.508 e. The first-order chi connectivity index (χ1) is 7.66. The normalized spacial score (nSPS) is 17.4. The van der Waals surface area contributed by atoms with Crippen LogP contribution < -0.4 is 5.32 Å². The van der Waals surface area contributed by atoms with E-state index in [2.05, 4.69) is 12.2 Å². The molecule has 16 heavy (non-hydrogen) atoms. The molecular formula is C13H18ClNO. The number of rotatable bonds is 5. The van der Waals surface area contributed by atoms with Crippen molar-refractivity contribution in [2.45, 2.75) is 38.8 Å². The average Bonchev–Trinajstić information content (AvgIpc) is 3.01. The van der Waals surface area contributed by atoms with Gasteiger partial charge in [0.05, 0.1) is 0 Å². The average molecular weight is 240 g/mol. The zero-order valence-electron chi connectivity index (χ0n) is 9.54. The summed E-state index contributed by atoms with van der Waals surface area (Å²) in [5, 5.41) is 13.7. The van der Waals surface area contributed by atoms with E-state index in [9.17, 15) is 5.11 Å². The van der Waals surface area contributed by atoms with Crippen LogP contribution >= 0.6 is 11.6 Å². The zero-order chi connectivity index (χ0) is 11.5. The third kappa shape index (κ3) is 3.13. The molecule has 1 aromatic carbocycles. The van der Waals surface area contributed by atoms with Gasteiger partial charge in [0.25, 0.3) is 0 Å². The summed E-state index contributed by atoms with van der Waals surface area (Å²) in [5.41, 5.74) is 0.798. The Kier molecular flexibility index (Phi) is 3.72. The molecule has 0 amide bonds. The molecule has 88 valence electrons. The second kappa shape index (κ2) is 5.07. The molecule has 0 bridgehead atoms. The Morgan fingerprint density at radius 2 is 2.25 bits per heavy atom. The van der Waals surface area contributed by atoms with Gasteiger partial charge >= 0.3 is 0 Å². The van der Waals surface area contributed by atoms with E-state index in [1.807, 2.05) is 6.07 Å². The minimum absolute atomic E-state index is 0.277. The lowest BCUT2D eigenvalue weighted by atomic mass is 10.1. The Bertz CT molecular complexity index is 343. The molecule has 0 radical (unpaired) electrons. The number of phenols is 1. The number of hydrogen-bond donors (Lipinski definition) is 2. The summed E-state index contributed by atoms with van der Waals surface area (Å²) in [6.07, 6.45) is 3.98. The molecule has 1 unspecified atom stereocenters. The van der Waals surface area contributed by atoms with E-state index in [1.54, 1.807) is 12.1 Å². The van der Waals surface area contributed by atoms with Crippen LogP contribution in [0.1, 0.15) is 31.7 Å². The fraction of sp³-hybridized carbons (Fsp3) is 0.538. The van der Waals surface area contributed by atoms with Gasteiger partial charge in [-0.2, -0.15) is 0 Å². The van der Waals surface area contributed by atoms with Crippen LogP contribution in [0.3, 0.4) is 0 Å². The molecule has 0 saturated heterocycles. The molecule has 1 aromatic rings. The van der Waals surface area contributed by atoms with Crippen molar-refractivity contribution in [3.63, 3.8) is 0 Å². The van der Waals surface area contributed by atoms with Crippen LogP contribution in [0.5, 0.6) is 5.75 Å². The van der Waals surface area contributed by atoms with E-state index < -0.39 is 0 Å². The van der Waals surface area contributed by atoms with Crippen molar-refractivity contribution in [2.75, 3.05) is 0 Å². The predicted octanol–water partition coefficient (Wildman–Crippen LogP) is 3.32. The van der Waals surface area contributed by atoms with E-state index >= 15 is 0 Å². The molecule has 0 heterocycles. The van der Waals surface area contributed by atoms with E-state index in [1.165, 1.54) is 19.3 Å². The first-order valence-electron chi connectivity index (χ1n) is 5.86. The second-order valence-corrected chi connectivity index (χ2v) is 5.11. The van der Waals surface area contributed by atoms with Crippen LogP contribution in [0.2, 0.25) is 5.02 Å². The minimum Gasteiger partial charge on any atom is -0.508 e. The molecular weight excluding hydrogens is 222 g/mol. The van der Waals surface area contributed by atoms with Crippen LogP contribution in [-0.4, -0.2) is 11.1 Å². The summed E-state index contributed by atoms with van der Waals surface area (Å²) in [6, 6.07) is 5.73. The van der Waals surface area contributed by atoms with Crippen LogP contribution in [0.4, 0.5) is 0 Å². The molecule has 0 spiro atoms. The molecule has 1 fully saturated rings. The Hall–Kier alpha value is -0.730. The highest BCUT2D eigenvalue weighted by molar-refractivity contribution is 6.31. The van der Waals surface area contributed by atoms with Gasteiger partial charge in [-0.15, -0.1) is 0 Å². The van der Waals surface area contributed by atoms with Crippen molar-refractivity contribution in [1.29, 1.82) is 0 Å². The molecule has 3 heteroatoms. The molecule has 2 N–H and O–H groups in total. The maximum absolute atomic E-state index is 9.67. The highest BCUT2D eigenvalue weighted by Gasteiger charge is 2.23. The second-order valence-electron chi connectivity index (χ2n) is 4.70. The third-order valence-corrected chi connectivity index (χ3v) is 3.46. The summed E-state index contributed by atoms with van der Waals surface area (Å²) in [5.74, 6) is 1.20. The molecule has 1 saturated carbocycles. The number of hydrogen-bond acceptors (Lipinski definition) is 2. The Balaban J connectivity index is 1.87. The van der Waals surface area contributed by atoms with Crippen LogP contribution in [0.15, 0.2) is 18.2 Å². The molecule has 0 aliphatic heterocycles. The van der Waals surface area contributed by atoms with Gasteiger partial charge in [0.1, 0.15) is 5.75 Å². The van der Waals surface area contributed by atoms with Crippen LogP contribution in [0, 0.1) is 5.92 Å². The fourth-order valence-electron chi connectivity index (χ4n) is 1.94. The molecule has 1 atom stereocenters. The highest BCUT2D eigenvalue weighted by Crippen LogP contribution is 2.33. The number of phenolic OH excluding ortho intramolecular Hbond substituents is 1. The third-order valence-electron chi connectivity index (χ3n) is 3.11. The van der Waals surface area contributed by atoms with E-state index in [0.717, 1.165) is 11.5 Å². The smallest absolute Gasteiger partial charge is 0.121 e. The van der Waals surface area contributed by atoms with E-state index in [0.29, 0.717) is 17.6 Å². The zero-order valence-corrected chi connectivity index (χ0v) is 10.3. The quantitative estimate of drug-likeness (QED) is 0.826. The summed E-state index contributed by atoms with van der Waals surface area (Å²) in [6.45, 7) is 2.83. The maximum Gasteiger partial charge on any atom is 0.121 e. The van der Waals surface area contributed by atoms with Crippen molar-refractivity contribution in [3.05, 3.63) is 28.8 Å². The first kappa shape index (κ1) is 11.7. The first-order valence-corrected chi connectivity index (χ1v) is 6.24. The maximum atomic E-state index is 9.67. The van der Waals surface area contributed by atoms with Gasteiger partial charge in [-0.25, -0.2) is 0 Å². The van der Waals surface area contributed by atoms with Crippen molar-refractivity contribution < 1.29 is 5.11 Å². The summed E-state index contributed by atoms with van der Waals surface area (Å²) < 4.78 is 0. The van der Waals surface area contributed by atoms with E-state index in [-0.39, 0.29) is 5.75 Å². The molecule has 2 rings (SSSR count). The van der Waals surface area contributed by atoms with Gasteiger partial charge < -0.3 is 10.4 Å². The topological polar surface area (TPSA) is 32.3 Å². The van der Waals surface area contributed by atoms with Crippen molar-refractivity contribution in [1.82, 2.24) is 5.32 Å². The highest BCUT2D eigenvalue weighted by atomic mass is 35.5. The predicted molar refractivity (Wildman–Crippen MR) is 66.8 cm³/mol. The minimum atomic E-state index is 0.277. The lowest BCUT2D eigenvalue weighted by molar-refractivity contribution is 0.450. The number of halogens is 1. The molecule has 1 aliphatic rings. The summed E-state index contributed by atoms with van der Waals surface area (Å²) in [7, 11) is 0. The summed E-state index contributed by atoms with van der Waals surface area (Å²) in [4.78, 5) is 0. The molecule has 0 aromatic heterocycles. The van der Waals surface area contributed by atoms with Gasteiger partial charge in [0.2, 0.25) is 0 Å². The van der Waals surface area contributed by atoms with Crippen LogP contribution in [-0.2, 0) is 6.54 Å². The number of nitrogens with one attached hydrogen (secondary N) is 1. The van der Waals surface area contributed by atoms with Gasteiger partial charge in [0.15, 0.2) is 0 Å². The lowest BCUT2D eigenvalue weighted by Gasteiger charge is -2.14. The van der Waals surface area contributed by atoms with Gasteiger partial charge in [-0.05, 0) is 31.4 Å². The van der Waals surface area contributed by atoms with Crippen molar-refractivity contribution in [2.24, 2.45) is 5.92 Å².